The monoisotopic (exact) mass is 331 g/mol. The van der Waals surface area contributed by atoms with Crippen molar-refractivity contribution >= 4 is 21.4 Å². The summed E-state index contributed by atoms with van der Waals surface area (Å²) < 4.78 is 23.7. The summed E-state index contributed by atoms with van der Waals surface area (Å²) in [6.45, 7) is 0.346. The van der Waals surface area contributed by atoms with E-state index in [1.165, 1.54) is 6.26 Å². The summed E-state index contributed by atoms with van der Waals surface area (Å²) in [6.07, 6.45) is 4.16. The molecule has 1 aliphatic rings. The average molecular weight is 332 g/mol. The van der Waals surface area contributed by atoms with Crippen LogP contribution in [-0.2, 0) is 9.84 Å². The van der Waals surface area contributed by atoms with Gasteiger partial charge >= 0.3 is 0 Å². The molecule has 0 heterocycles. The Morgan fingerprint density at radius 3 is 2.52 bits per heavy atom. The number of halogens is 1. The van der Waals surface area contributed by atoms with Gasteiger partial charge in [-0.3, -0.25) is 0 Å². The van der Waals surface area contributed by atoms with Crippen molar-refractivity contribution in [3.8, 4) is 0 Å². The topological polar surface area (TPSA) is 66.4 Å². The predicted molar refractivity (Wildman–Crippen MR) is 85.3 cm³/mol. The van der Waals surface area contributed by atoms with E-state index < -0.39 is 15.9 Å². The Morgan fingerprint density at radius 1 is 1.29 bits per heavy atom. The van der Waals surface area contributed by atoms with Crippen LogP contribution in [0.2, 0.25) is 5.02 Å². The Bertz CT molecular complexity index is 559. The molecule has 0 unspecified atom stereocenters. The summed E-state index contributed by atoms with van der Waals surface area (Å²) in [7, 11) is -3.05. The van der Waals surface area contributed by atoms with Crippen molar-refractivity contribution in [2.45, 2.75) is 43.1 Å². The van der Waals surface area contributed by atoms with Crippen molar-refractivity contribution in [2.75, 3.05) is 12.8 Å². The van der Waals surface area contributed by atoms with Gasteiger partial charge in [-0.2, -0.15) is 0 Å². The number of nitrogens with one attached hydrogen (secondary N) is 1. The molecule has 0 bridgehead atoms. The van der Waals surface area contributed by atoms with Crippen LogP contribution in [0.1, 0.15) is 37.4 Å². The highest BCUT2D eigenvalue weighted by atomic mass is 35.5. The van der Waals surface area contributed by atoms with Crippen LogP contribution in [0.5, 0.6) is 0 Å². The van der Waals surface area contributed by atoms with Crippen molar-refractivity contribution in [3.05, 3.63) is 34.9 Å². The minimum atomic E-state index is -3.05. The molecule has 2 N–H and O–H groups in total. The van der Waals surface area contributed by atoms with Crippen molar-refractivity contribution in [3.63, 3.8) is 0 Å². The standard InChI is InChI=1S/C15H22ClNO3S/c1-21(19,20)15-5-3-2-4-13(15)17-10-14(18)11-6-8-12(16)9-7-11/h6-9,13-15,17-18H,2-5,10H2,1H3/t13-,14+,15-/m1/s1. The summed E-state index contributed by atoms with van der Waals surface area (Å²) in [5, 5.41) is 13.7. The number of aliphatic hydroxyl groups excluding tert-OH is 1. The summed E-state index contributed by atoms with van der Waals surface area (Å²) >= 11 is 5.82. The lowest BCUT2D eigenvalue weighted by Gasteiger charge is -2.31. The van der Waals surface area contributed by atoms with Crippen molar-refractivity contribution in [1.82, 2.24) is 5.32 Å². The molecule has 2 rings (SSSR count). The largest absolute Gasteiger partial charge is 0.387 e. The van der Waals surface area contributed by atoms with E-state index in [4.69, 9.17) is 11.6 Å². The average Bonchev–Trinajstić information content (AvgIpc) is 2.45. The molecule has 0 saturated heterocycles. The maximum Gasteiger partial charge on any atom is 0.151 e. The SMILES string of the molecule is CS(=O)(=O)[C@@H]1CCCC[C@H]1NC[C@H](O)c1ccc(Cl)cc1. The number of rotatable bonds is 5. The number of hydrogen-bond donors (Lipinski definition) is 2. The van der Waals surface area contributed by atoms with E-state index in [-0.39, 0.29) is 11.3 Å². The van der Waals surface area contributed by atoms with Gasteiger partial charge in [-0.15, -0.1) is 0 Å². The first-order valence-electron chi connectivity index (χ1n) is 7.23. The lowest BCUT2D eigenvalue weighted by atomic mass is 9.94. The molecule has 1 aromatic rings. The van der Waals surface area contributed by atoms with Crippen LogP contribution in [0.25, 0.3) is 0 Å². The molecular formula is C15H22ClNO3S. The van der Waals surface area contributed by atoms with E-state index in [9.17, 15) is 13.5 Å². The molecule has 4 nitrogen and oxygen atoms in total. The summed E-state index contributed by atoms with van der Waals surface area (Å²) in [6, 6.07) is 6.96. The zero-order valence-corrected chi connectivity index (χ0v) is 13.7. The van der Waals surface area contributed by atoms with Gasteiger partial charge < -0.3 is 10.4 Å². The zero-order chi connectivity index (χ0) is 15.5. The summed E-state index contributed by atoms with van der Waals surface area (Å²) in [5.41, 5.74) is 0.776. The second-order valence-corrected chi connectivity index (χ2v) is 8.44. The molecule has 1 aliphatic carbocycles. The highest BCUT2D eigenvalue weighted by Crippen LogP contribution is 2.24. The van der Waals surface area contributed by atoms with Crippen molar-refractivity contribution < 1.29 is 13.5 Å². The number of aliphatic hydroxyl groups is 1. The van der Waals surface area contributed by atoms with E-state index in [1.54, 1.807) is 24.3 Å². The molecule has 6 heteroatoms. The Balaban J connectivity index is 1.96. The lowest BCUT2D eigenvalue weighted by Crippen LogP contribution is -2.47. The second-order valence-electron chi connectivity index (χ2n) is 5.73. The molecule has 118 valence electrons. The molecule has 21 heavy (non-hydrogen) atoms. The smallest absolute Gasteiger partial charge is 0.151 e. The first-order valence-corrected chi connectivity index (χ1v) is 9.57. The maximum atomic E-state index is 11.8. The lowest BCUT2D eigenvalue weighted by molar-refractivity contribution is 0.166. The van der Waals surface area contributed by atoms with E-state index in [1.807, 2.05) is 0 Å². The molecule has 0 aromatic heterocycles. The molecule has 0 aliphatic heterocycles. The van der Waals surface area contributed by atoms with Crippen LogP contribution < -0.4 is 5.32 Å². The van der Waals surface area contributed by atoms with Gasteiger partial charge in [0.25, 0.3) is 0 Å². The van der Waals surface area contributed by atoms with E-state index in [0.29, 0.717) is 18.0 Å². The molecule has 1 saturated carbocycles. The van der Waals surface area contributed by atoms with Crippen molar-refractivity contribution in [2.24, 2.45) is 0 Å². The Hall–Kier alpha value is -0.620. The van der Waals surface area contributed by atoms with Gasteiger partial charge in [0.1, 0.15) is 0 Å². The highest BCUT2D eigenvalue weighted by molar-refractivity contribution is 7.91. The van der Waals surface area contributed by atoms with Crippen LogP contribution in [0.4, 0.5) is 0 Å². The molecule has 0 radical (unpaired) electrons. The number of hydrogen-bond acceptors (Lipinski definition) is 4. The molecule has 3 atom stereocenters. The highest BCUT2D eigenvalue weighted by Gasteiger charge is 2.32. The Kier molecular flexibility index (Phi) is 5.66. The van der Waals surface area contributed by atoms with Crippen LogP contribution >= 0.6 is 11.6 Å². The van der Waals surface area contributed by atoms with Gasteiger partial charge in [0.15, 0.2) is 9.84 Å². The zero-order valence-electron chi connectivity index (χ0n) is 12.1. The fraction of sp³-hybridized carbons (Fsp3) is 0.600. The molecule has 0 amide bonds. The third-order valence-corrected chi connectivity index (χ3v) is 6.00. The van der Waals surface area contributed by atoms with Crippen molar-refractivity contribution in [1.29, 1.82) is 0 Å². The summed E-state index contributed by atoms with van der Waals surface area (Å²) in [4.78, 5) is 0. The van der Waals surface area contributed by atoms with Gasteiger partial charge in [0.2, 0.25) is 0 Å². The van der Waals surface area contributed by atoms with Gasteiger partial charge in [0.05, 0.1) is 11.4 Å². The molecule has 0 spiro atoms. The fourth-order valence-corrected chi connectivity index (χ4v) is 4.46. The van der Waals surface area contributed by atoms with E-state index >= 15 is 0 Å². The number of benzene rings is 1. The first kappa shape index (κ1) is 16.7. The second kappa shape index (κ2) is 7.09. The third-order valence-electron chi connectivity index (χ3n) is 4.08. The van der Waals surface area contributed by atoms with E-state index in [0.717, 1.165) is 24.8 Å². The maximum absolute atomic E-state index is 11.8. The fourth-order valence-electron chi connectivity index (χ4n) is 2.91. The van der Waals surface area contributed by atoms with Gasteiger partial charge in [-0.05, 0) is 30.5 Å². The first-order chi connectivity index (χ1) is 9.88. The minimum Gasteiger partial charge on any atom is -0.387 e. The van der Waals surface area contributed by atoms with Crippen LogP contribution in [-0.4, -0.2) is 37.6 Å². The molecular weight excluding hydrogens is 310 g/mol. The van der Waals surface area contributed by atoms with Gasteiger partial charge in [0, 0.05) is 23.9 Å². The number of sulfone groups is 1. The van der Waals surface area contributed by atoms with Crippen LogP contribution in [0.15, 0.2) is 24.3 Å². The predicted octanol–water partition coefficient (Wildman–Crippen LogP) is 2.32. The molecule has 1 fully saturated rings. The van der Waals surface area contributed by atoms with E-state index in [2.05, 4.69) is 5.32 Å². The minimum absolute atomic E-state index is 0.0734. The quantitative estimate of drug-likeness (QED) is 0.869. The van der Waals surface area contributed by atoms with Gasteiger partial charge in [-0.25, -0.2) is 8.42 Å². The van der Waals surface area contributed by atoms with Crippen LogP contribution in [0.3, 0.4) is 0 Å². The normalized spacial score (nSPS) is 24.7. The summed E-state index contributed by atoms with van der Waals surface area (Å²) in [5.74, 6) is 0. The Labute approximate surface area is 131 Å². The van der Waals surface area contributed by atoms with Gasteiger partial charge in [-0.1, -0.05) is 36.6 Å². The Morgan fingerprint density at radius 2 is 1.90 bits per heavy atom. The molecule has 1 aromatic carbocycles. The van der Waals surface area contributed by atoms with Crippen LogP contribution in [0, 0.1) is 0 Å². The third kappa shape index (κ3) is 4.68.